The zero-order valence-electron chi connectivity index (χ0n) is 12.5. The molecule has 21 heavy (non-hydrogen) atoms. The van der Waals surface area contributed by atoms with E-state index in [2.05, 4.69) is 16.0 Å². The second-order valence-corrected chi connectivity index (χ2v) is 5.14. The number of H-pyrrole nitrogens is 1. The summed E-state index contributed by atoms with van der Waals surface area (Å²) in [6.45, 7) is 5.03. The fraction of sp³-hybridized carbons (Fsp3) is 0.375. The van der Waals surface area contributed by atoms with Gasteiger partial charge in [0.15, 0.2) is 0 Å². The van der Waals surface area contributed by atoms with Crippen LogP contribution in [-0.2, 0) is 12.8 Å². The van der Waals surface area contributed by atoms with Crippen molar-refractivity contribution in [2.75, 3.05) is 13.2 Å². The summed E-state index contributed by atoms with van der Waals surface area (Å²) in [7, 11) is 0. The van der Waals surface area contributed by atoms with E-state index < -0.39 is 0 Å². The zero-order chi connectivity index (χ0) is 15.2. The van der Waals surface area contributed by atoms with Crippen LogP contribution in [0.3, 0.4) is 0 Å². The van der Waals surface area contributed by atoms with E-state index in [1.807, 2.05) is 26.0 Å². The molecule has 1 aromatic carbocycles. The number of hydrogen-bond acceptors (Lipinski definition) is 4. The van der Waals surface area contributed by atoms with Crippen molar-refractivity contribution in [2.24, 2.45) is 5.73 Å². The number of aryl methyl sites for hydroxylation is 2. The van der Waals surface area contributed by atoms with Crippen molar-refractivity contribution in [3.05, 3.63) is 57.3 Å². The minimum atomic E-state index is -0.144. The summed E-state index contributed by atoms with van der Waals surface area (Å²) in [5, 5.41) is 0. The molecule has 0 radical (unpaired) electrons. The molecule has 0 bridgehead atoms. The third kappa shape index (κ3) is 4.72. The van der Waals surface area contributed by atoms with Crippen LogP contribution in [0, 0.1) is 13.8 Å². The van der Waals surface area contributed by atoms with E-state index in [0.29, 0.717) is 31.8 Å². The molecule has 2 rings (SSSR count). The largest absolute Gasteiger partial charge is 0.493 e. The van der Waals surface area contributed by atoms with E-state index in [9.17, 15) is 4.79 Å². The lowest BCUT2D eigenvalue weighted by Crippen LogP contribution is -2.17. The minimum absolute atomic E-state index is 0.144. The number of rotatable bonds is 6. The third-order valence-corrected chi connectivity index (χ3v) is 3.05. The number of hydrogen-bond donors (Lipinski definition) is 2. The van der Waals surface area contributed by atoms with E-state index in [0.717, 1.165) is 11.4 Å². The SMILES string of the molecule is Cc1cc(C)cc(OCCc2nc(CCN)cc(=O)[nH]2)c1. The minimum Gasteiger partial charge on any atom is -0.493 e. The number of ether oxygens (including phenoxy) is 1. The monoisotopic (exact) mass is 287 g/mol. The van der Waals surface area contributed by atoms with E-state index in [-0.39, 0.29) is 5.56 Å². The Morgan fingerprint density at radius 2 is 1.86 bits per heavy atom. The molecule has 0 saturated heterocycles. The fourth-order valence-corrected chi connectivity index (χ4v) is 2.24. The van der Waals surface area contributed by atoms with Crippen LogP contribution in [0.4, 0.5) is 0 Å². The van der Waals surface area contributed by atoms with E-state index in [4.69, 9.17) is 10.5 Å². The Morgan fingerprint density at radius 1 is 1.14 bits per heavy atom. The molecular weight excluding hydrogens is 266 g/mol. The quantitative estimate of drug-likeness (QED) is 0.844. The Bertz CT molecular complexity index is 645. The van der Waals surface area contributed by atoms with Gasteiger partial charge in [0.25, 0.3) is 5.56 Å². The first-order chi connectivity index (χ1) is 10.1. The van der Waals surface area contributed by atoms with Crippen LogP contribution in [-0.4, -0.2) is 23.1 Å². The van der Waals surface area contributed by atoms with Gasteiger partial charge >= 0.3 is 0 Å². The van der Waals surface area contributed by atoms with E-state index in [1.165, 1.54) is 17.2 Å². The summed E-state index contributed by atoms with van der Waals surface area (Å²) >= 11 is 0. The molecule has 0 unspecified atom stereocenters. The van der Waals surface area contributed by atoms with Crippen LogP contribution in [0.5, 0.6) is 5.75 Å². The first-order valence-electron chi connectivity index (χ1n) is 7.07. The second kappa shape index (κ2) is 7.04. The maximum atomic E-state index is 11.5. The summed E-state index contributed by atoms with van der Waals surface area (Å²) in [5.41, 5.74) is 8.41. The molecule has 0 amide bonds. The van der Waals surface area contributed by atoms with Crippen molar-refractivity contribution in [1.29, 1.82) is 0 Å². The van der Waals surface area contributed by atoms with Crippen LogP contribution in [0.15, 0.2) is 29.1 Å². The van der Waals surface area contributed by atoms with Crippen LogP contribution in [0.2, 0.25) is 0 Å². The third-order valence-electron chi connectivity index (χ3n) is 3.05. The predicted octanol–water partition coefficient (Wildman–Crippen LogP) is 1.51. The average molecular weight is 287 g/mol. The average Bonchev–Trinajstić information content (AvgIpc) is 2.37. The van der Waals surface area contributed by atoms with Crippen LogP contribution >= 0.6 is 0 Å². The normalized spacial score (nSPS) is 10.6. The summed E-state index contributed by atoms with van der Waals surface area (Å²) in [4.78, 5) is 18.6. The number of nitrogens with two attached hydrogens (primary N) is 1. The summed E-state index contributed by atoms with van der Waals surface area (Å²) in [6.07, 6.45) is 1.16. The van der Waals surface area contributed by atoms with Crippen molar-refractivity contribution in [3.63, 3.8) is 0 Å². The summed E-state index contributed by atoms with van der Waals surface area (Å²) < 4.78 is 5.72. The van der Waals surface area contributed by atoms with Crippen molar-refractivity contribution in [2.45, 2.75) is 26.7 Å². The summed E-state index contributed by atoms with van der Waals surface area (Å²) in [6, 6.07) is 7.57. The first kappa shape index (κ1) is 15.3. The molecule has 5 heteroatoms. The molecule has 0 aliphatic carbocycles. The molecule has 0 fully saturated rings. The zero-order valence-corrected chi connectivity index (χ0v) is 12.5. The lowest BCUT2D eigenvalue weighted by atomic mass is 10.1. The second-order valence-electron chi connectivity index (χ2n) is 5.14. The highest BCUT2D eigenvalue weighted by Gasteiger charge is 2.02. The van der Waals surface area contributed by atoms with Crippen LogP contribution in [0.25, 0.3) is 0 Å². The standard InChI is InChI=1S/C16H21N3O2/c1-11-7-12(2)9-14(8-11)21-6-4-15-18-13(3-5-17)10-16(20)19-15/h7-10H,3-6,17H2,1-2H3,(H,18,19,20). The lowest BCUT2D eigenvalue weighted by molar-refractivity contribution is 0.318. The van der Waals surface area contributed by atoms with Gasteiger partial charge in [-0.05, 0) is 43.7 Å². The molecule has 1 heterocycles. The van der Waals surface area contributed by atoms with Gasteiger partial charge in [-0.25, -0.2) is 4.98 Å². The molecule has 0 aliphatic heterocycles. The Morgan fingerprint density at radius 3 is 2.52 bits per heavy atom. The number of nitrogens with zero attached hydrogens (tertiary/aromatic N) is 1. The van der Waals surface area contributed by atoms with Crippen molar-refractivity contribution in [3.8, 4) is 5.75 Å². The Hall–Kier alpha value is -2.14. The molecule has 2 aromatic rings. The molecule has 5 nitrogen and oxygen atoms in total. The molecule has 3 N–H and O–H groups in total. The predicted molar refractivity (Wildman–Crippen MR) is 82.7 cm³/mol. The number of nitrogens with one attached hydrogen (secondary N) is 1. The van der Waals surface area contributed by atoms with E-state index in [1.54, 1.807) is 0 Å². The first-order valence-corrected chi connectivity index (χ1v) is 7.07. The van der Waals surface area contributed by atoms with Gasteiger partial charge in [0.1, 0.15) is 11.6 Å². The molecule has 0 atom stereocenters. The fourth-order valence-electron chi connectivity index (χ4n) is 2.24. The van der Waals surface area contributed by atoms with Gasteiger partial charge in [-0.1, -0.05) is 6.07 Å². The van der Waals surface area contributed by atoms with Gasteiger partial charge in [-0.2, -0.15) is 0 Å². The van der Waals surface area contributed by atoms with Gasteiger partial charge in [0.05, 0.1) is 6.61 Å². The number of aromatic nitrogens is 2. The topological polar surface area (TPSA) is 81.0 Å². The van der Waals surface area contributed by atoms with Crippen LogP contribution < -0.4 is 16.0 Å². The summed E-state index contributed by atoms with van der Waals surface area (Å²) in [5.74, 6) is 1.48. The number of benzene rings is 1. The van der Waals surface area contributed by atoms with Gasteiger partial charge in [-0.15, -0.1) is 0 Å². The maximum Gasteiger partial charge on any atom is 0.251 e. The number of aromatic amines is 1. The highest BCUT2D eigenvalue weighted by Crippen LogP contribution is 2.16. The van der Waals surface area contributed by atoms with Crippen molar-refractivity contribution < 1.29 is 4.74 Å². The Labute approximate surface area is 124 Å². The van der Waals surface area contributed by atoms with E-state index >= 15 is 0 Å². The van der Waals surface area contributed by atoms with Crippen molar-refractivity contribution in [1.82, 2.24) is 9.97 Å². The molecule has 0 saturated carbocycles. The lowest BCUT2D eigenvalue weighted by Gasteiger charge is -2.08. The Kier molecular flexibility index (Phi) is 5.11. The molecule has 0 spiro atoms. The maximum absolute atomic E-state index is 11.5. The molecule has 112 valence electrons. The van der Waals surface area contributed by atoms with Gasteiger partial charge < -0.3 is 15.5 Å². The Balaban J connectivity index is 1.98. The molecule has 1 aromatic heterocycles. The van der Waals surface area contributed by atoms with Gasteiger partial charge in [0, 0.05) is 24.6 Å². The van der Waals surface area contributed by atoms with Gasteiger partial charge in [0.2, 0.25) is 0 Å². The van der Waals surface area contributed by atoms with Crippen molar-refractivity contribution >= 4 is 0 Å². The van der Waals surface area contributed by atoms with Crippen LogP contribution in [0.1, 0.15) is 22.6 Å². The molecule has 0 aliphatic rings. The highest BCUT2D eigenvalue weighted by molar-refractivity contribution is 5.32. The highest BCUT2D eigenvalue weighted by atomic mass is 16.5. The smallest absolute Gasteiger partial charge is 0.251 e. The van der Waals surface area contributed by atoms with Gasteiger partial charge in [-0.3, -0.25) is 4.79 Å². The molecular formula is C16H21N3O2.